The third-order valence-electron chi connectivity index (χ3n) is 5.24. The molecule has 0 aliphatic heterocycles. The van der Waals surface area contributed by atoms with Gasteiger partial charge in [-0.1, -0.05) is 26.7 Å². The zero-order valence-corrected chi connectivity index (χ0v) is 11.6. The van der Waals surface area contributed by atoms with E-state index in [1.807, 2.05) is 0 Å². The Balaban J connectivity index is 1.87. The van der Waals surface area contributed by atoms with Crippen molar-refractivity contribution in [1.29, 1.82) is 0 Å². The van der Waals surface area contributed by atoms with Crippen molar-refractivity contribution in [3.8, 4) is 0 Å². The number of hydrogen-bond acceptors (Lipinski definition) is 0. The van der Waals surface area contributed by atoms with Gasteiger partial charge in [0.15, 0.2) is 0 Å². The summed E-state index contributed by atoms with van der Waals surface area (Å²) in [6.07, 6.45) is 9.10. The van der Waals surface area contributed by atoms with Gasteiger partial charge >= 0.3 is 0 Å². The normalized spacial score (nSPS) is 40.0. The van der Waals surface area contributed by atoms with Gasteiger partial charge in [0.2, 0.25) is 0 Å². The molecule has 0 aromatic carbocycles. The number of fused-ring (bicyclic) bond motifs is 1. The van der Waals surface area contributed by atoms with Crippen molar-refractivity contribution in [2.75, 3.05) is 12.8 Å². The first-order chi connectivity index (χ1) is 7.31. The molecule has 0 aromatic heterocycles. The van der Waals surface area contributed by atoms with Gasteiger partial charge in [0.25, 0.3) is 0 Å². The molecule has 2 fully saturated rings. The first-order valence-corrected chi connectivity index (χ1v) is 8.67. The van der Waals surface area contributed by atoms with E-state index < -0.39 is 0 Å². The second kappa shape index (κ2) is 5.17. The fourth-order valence-electron chi connectivity index (χ4n) is 4.33. The summed E-state index contributed by atoms with van der Waals surface area (Å²) < 4.78 is 0. The molecule has 0 nitrogen and oxygen atoms in total. The quantitative estimate of drug-likeness (QED) is 0.610. The van der Waals surface area contributed by atoms with Crippen molar-refractivity contribution in [3.05, 3.63) is 0 Å². The standard InChI is InChI=1S/C14H27P/c1-4-10(5-2)13-8-14-11(9-15-3)6-7-12(13)14/h10-15H,4-9H2,1-3H3. The van der Waals surface area contributed by atoms with Gasteiger partial charge in [-0.25, -0.2) is 0 Å². The van der Waals surface area contributed by atoms with E-state index in [2.05, 4.69) is 20.5 Å². The van der Waals surface area contributed by atoms with E-state index in [4.69, 9.17) is 0 Å². The fraction of sp³-hybridized carbons (Fsp3) is 1.00. The Morgan fingerprint density at radius 2 is 1.87 bits per heavy atom. The lowest BCUT2D eigenvalue weighted by atomic mass is 9.59. The molecule has 1 heteroatoms. The monoisotopic (exact) mass is 226 g/mol. The Morgan fingerprint density at radius 3 is 2.47 bits per heavy atom. The molecular formula is C14H27P. The predicted molar refractivity (Wildman–Crippen MR) is 71.0 cm³/mol. The van der Waals surface area contributed by atoms with Crippen LogP contribution in [-0.2, 0) is 0 Å². The highest BCUT2D eigenvalue weighted by atomic mass is 31.1. The van der Waals surface area contributed by atoms with Crippen molar-refractivity contribution < 1.29 is 0 Å². The highest BCUT2D eigenvalue weighted by Gasteiger charge is 2.50. The Hall–Kier alpha value is 0.430. The topological polar surface area (TPSA) is 0 Å². The molecule has 2 aliphatic rings. The van der Waals surface area contributed by atoms with Crippen LogP contribution in [0.25, 0.3) is 0 Å². The van der Waals surface area contributed by atoms with Crippen LogP contribution in [0.1, 0.15) is 46.0 Å². The van der Waals surface area contributed by atoms with E-state index >= 15 is 0 Å². The SMILES string of the molecule is CCC(CC)C1CC2C(CPC)CCC12. The molecule has 0 saturated heterocycles. The zero-order chi connectivity index (χ0) is 10.8. The summed E-state index contributed by atoms with van der Waals surface area (Å²) in [6, 6.07) is 0. The van der Waals surface area contributed by atoms with Gasteiger partial charge in [0, 0.05) is 0 Å². The fourth-order valence-corrected chi connectivity index (χ4v) is 5.36. The first kappa shape index (κ1) is 11.9. The molecule has 88 valence electrons. The summed E-state index contributed by atoms with van der Waals surface area (Å²) in [7, 11) is 1.19. The molecule has 2 aliphatic carbocycles. The average Bonchev–Trinajstić information content (AvgIpc) is 2.52. The Labute approximate surface area is 97.4 Å². The Kier molecular flexibility index (Phi) is 4.10. The van der Waals surface area contributed by atoms with E-state index in [9.17, 15) is 0 Å². The van der Waals surface area contributed by atoms with Gasteiger partial charge in [-0.05, 0) is 61.7 Å². The summed E-state index contributed by atoms with van der Waals surface area (Å²) in [5, 5.41) is 0. The zero-order valence-electron chi connectivity index (χ0n) is 10.6. The van der Waals surface area contributed by atoms with Gasteiger partial charge in [0.05, 0.1) is 0 Å². The summed E-state index contributed by atoms with van der Waals surface area (Å²) in [4.78, 5) is 0. The maximum absolute atomic E-state index is 2.39. The lowest BCUT2D eigenvalue weighted by molar-refractivity contribution is 0.0274. The first-order valence-electron chi connectivity index (χ1n) is 6.96. The van der Waals surface area contributed by atoms with Gasteiger partial charge in [0.1, 0.15) is 0 Å². The minimum Gasteiger partial charge on any atom is -0.125 e. The van der Waals surface area contributed by atoms with E-state index in [0.29, 0.717) is 0 Å². The van der Waals surface area contributed by atoms with Crippen LogP contribution in [-0.4, -0.2) is 12.8 Å². The molecular weight excluding hydrogens is 199 g/mol. The van der Waals surface area contributed by atoms with Gasteiger partial charge in [-0.15, -0.1) is 8.58 Å². The molecule has 2 rings (SSSR count). The van der Waals surface area contributed by atoms with Crippen molar-refractivity contribution in [3.63, 3.8) is 0 Å². The molecule has 0 spiro atoms. The third kappa shape index (κ3) is 2.12. The lowest BCUT2D eigenvalue weighted by Crippen LogP contribution is -2.40. The van der Waals surface area contributed by atoms with E-state index in [1.54, 1.807) is 19.3 Å². The predicted octanol–water partition coefficient (Wildman–Crippen LogP) is 4.39. The van der Waals surface area contributed by atoms with Crippen molar-refractivity contribution >= 4 is 8.58 Å². The molecule has 0 amide bonds. The molecule has 0 bridgehead atoms. The molecule has 5 atom stereocenters. The van der Waals surface area contributed by atoms with Crippen LogP contribution >= 0.6 is 8.58 Å². The number of hydrogen-bond donors (Lipinski definition) is 0. The van der Waals surface area contributed by atoms with Gasteiger partial charge in [-0.3, -0.25) is 0 Å². The van der Waals surface area contributed by atoms with Gasteiger partial charge in [-0.2, -0.15) is 0 Å². The summed E-state index contributed by atoms with van der Waals surface area (Å²) >= 11 is 0. The third-order valence-corrected chi connectivity index (χ3v) is 6.17. The van der Waals surface area contributed by atoms with Crippen molar-refractivity contribution in [2.45, 2.75) is 46.0 Å². The van der Waals surface area contributed by atoms with E-state index in [-0.39, 0.29) is 0 Å². The van der Waals surface area contributed by atoms with Crippen molar-refractivity contribution in [1.82, 2.24) is 0 Å². The molecule has 5 unspecified atom stereocenters. The highest BCUT2D eigenvalue weighted by molar-refractivity contribution is 7.36. The number of rotatable bonds is 5. The lowest BCUT2D eigenvalue weighted by Gasteiger charge is -2.47. The minimum atomic E-state index is 1.05. The van der Waals surface area contributed by atoms with E-state index in [0.717, 1.165) is 29.6 Å². The van der Waals surface area contributed by atoms with Crippen LogP contribution in [0.4, 0.5) is 0 Å². The van der Waals surface area contributed by atoms with Crippen LogP contribution in [0, 0.1) is 29.6 Å². The minimum absolute atomic E-state index is 1.05. The maximum atomic E-state index is 2.39. The summed E-state index contributed by atoms with van der Waals surface area (Å²) in [6.45, 7) is 7.16. The summed E-state index contributed by atoms with van der Waals surface area (Å²) in [5.41, 5.74) is 0. The van der Waals surface area contributed by atoms with Crippen molar-refractivity contribution in [2.24, 2.45) is 29.6 Å². The van der Waals surface area contributed by atoms with Gasteiger partial charge < -0.3 is 0 Å². The smallest absolute Gasteiger partial charge is 0.0325 e. The van der Waals surface area contributed by atoms with Crippen LogP contribution < -0.4 is 0 Å². The molecule has 0 heterocycles. The highest BCUT2D eigenvalue weighted by Crippen LogP contribution is 2.58. The van der Waals surface area contributed by atoms with Crippen LogP contribution in [0.15, 0.2) is 0 Å². The maximum Gasteiger partial charge on any atom is -0.0325 e. The molecule has 0 N–H and O–H groups in total. The van der Waals surface area contributed by atoms with Crippen LogP contribution in [0.5, 0.6) is 0 Å². The molecule has 15 heavy (non-hydrogen) atoms. The summed E-state index contributed by atoms with van der Waals surface area (Å²) in [5.74, 6) is 5.60. The Bertz CT molecular complexity index is 198. The molecule has 0 radical (unpaired) electrons. The van der Waals surface area contributed by atoms with E-state index in [1.165, 1.54) is 27.6 Å². The van der Waals surface area contributed by atoms with Crippen LogP contribution in [0.3, 0.4) is 0 Å². The molecule has 2 saturated carbocycles. The van der Waals surface area contributed by atoms with Crippen LogP contribution in [0.2, 0.25) is 0 Å². The second-order valence-corrected chi connectivity index (χ2v) is 6.81. The Morgan fingerprint density at radius 1 is 1.13 bits per heavy atom. The largest absolute Gasteiger partial charge is 0.125 e. The molecule has 0 aromatic rings. The second-order valence-electron chi connectivity index (χ2n) is 5.70. The average molecular weight is 226 g/mol.